The fourth-order valence-electron chi connectivity index (χ4n) is 2.82. The SMILES string of the molecule is CCC(N)C(=O)N1CCN(C(=O)c2n[nH]c3ccccc23)CC1. The quantitative estimate of drug-likeness (QED) is 0.866. The van der Waals surface area contributed by atoms with Crippen LogP contribution in [0.2, 0.25) is 0 Å². The molecule has 0 spiro atoms. The first-order valence-corrected chi connectivity index (χ1v) is 7.88. The minimum absolute atomic E-state index is 0.0372. The minimum Gasteiger partial charge on any atom is -0.338 e. The van der Waals surface area contributed by atoms with Gasteiger partial charge in [0.1, 0.15) is 0 Å². The topological polar surface area (TPSA) is 95.3 Å². The molecule has 0 saturated carbocycles. The summed E-state index contributed by atoms with van der Waals surface area (Å²) in [6.07, 6.45) is 0.622. The lowest BCUT2D eigenvalue weighted by Crippen LogP contribution is -2.54. The minimum atomic E-state index is -0.451. The molecule has 1 unspecified atom stereocenters. The molecule has 1 aromatic heterocycles. The van der Waals surface area contributed by atoms with E-state index in [1.165, 1.54) is 0 Å². The molecule has 1 saturated heterocycles. The second kappa shape index (κ2) is 6.37. The van der Waals surface area contributed by atoms with Crippen LogP contribution >= 0.6 is 0 Å². The van der Waals surface area contributed by atoms with E-state index >= 15 is 0 Å². The summed E-state index contributed by atoms with van der Waals surface area (Å²) < 4.78 is 0. The number of carbonyl (C=O) groups excluding carboxylic acids is 2. The molecular formula is C16H21N5O2. The maximum absolute atomic E-state index is 12.7. The van der Waals surface area contributed by atoms with Gasteiger partial charge in [-0.15, -0.1) is 0 Å². The van der Waals surface area contributed by atoms with Gasteiger partial charge in [0.15, 0.2) is 5.69 Å². The van der Waals surface area contributed by atoms with E-state index in [2.05, 4.69) is 10.2 Å². The second-order valence-corrected chi connectivity index (χ2v) is 5.75. The average molecular weight is 315 g/mol. The van der Waals surface area contributed by atoms with Gasteiger partial charge in [-0.3, -0.25) is 14.7 Å². The number of aromatic nitrogens is 2. The molecule has 1 aliphatic rings. The average Bonchev–Trinajstić information content (AvgIpc) is 3.04. The van der Waals surface area contributed by atoms with Gasteiger partial charge in [0.25, 0.3) is 5.91 Å². The summed E-state index contributed by atoms with van der Waals surface area (Å²) in [5, 5.41) is 7.85. The monoisotopic (exact) mass is 315 g/mol. The van der Waals surface area contributed by atoms with Crippen LogP contribution in [-0.2, 0) is 4.79 Å². The lowest BCUT2D eigenvalue weighted by molar-refractivity contribution is -0.134. The number of nitrogens with two attached hydrogens (primary N) is 1. The zero-order valence-corrected chi connectivity index (χ0v) is 13.2. The first kappa shape index (κ1) is 15.5. The maximum Gasteiger partial charge on any atom is 0.275 e. The van der Waals surface area contributed by atoms with Crippen LogP contribution in [0.15, 0.2) is 24.3 Å². The predicted octanol–water partition coefficient (Wildman–Crippen LogP) is 0.585. The molecule has 1 aliphatic heterocycles. The van der Waals surface area contributed by atoms with Crippen LogP contribution in [0, 0.1) is 0 Å². The molecule has 122 valence electrons. The third-order valence-corrected chi connectivity index (χ3v) is 4.31. The summed E-state index contributed by atoms with van der Waals surface area (Å²) in [4.78, 5) is 28.2. The zero-order valence-electron chi connectivity index (χ0n) is 13.2. The third kappa shape index (κ3) is 2.92. The van der Waals surface area contributed by atoms with Gasteiger partial charge in [-0.25, -0.2) is 0 Å². The molecule has 2 aromatic rings. The van der Waals surface area contributed by atoms with E-state index in [1.807, 2.05) is 31.2 Å². The Balaban J connectivity index is 1.68. The van der Waals surface area contributed by atoms with E-state index in [9.17, 15) is 9.59 Å². The standard InChI is InChI=1S/C16H21N5O2/c1-2-12(17)15(22)20-7-9-21(10-8-20)16(23)14-11-5-3-4-6-13(11)18-19-14/h3-6,12H,2,7-10,17H2,1H3,(H,18,19). The summed E-state index contributed by atoms with van der Waals surface area (Å²) >= 11 is 0. The molecule has 1 atom stereocenters. The largest absolute Gasteiger partial charge is 0.338 e. The van der Waals surface area contributed by atoms with Crippen molar-refractivity contribution in [2.24, 2.45) is 5.73 Å². The second-order valence-electron chi connectivity index (χ2n) is 5.75. The highest BCUT2D eigenvalue weighted by Gasteiger charge is 2.28. The van der Waals surface area contributed by atoms with E-state index in [0.717, 1.165) is 10.9 Å². The Morgan fingerprint density at radius 1 is 1.22 bits per heavy atom. The van der Waals surface area contributed by atoms with Crippen molar-refractivity contribution in [2.45, 2.75) is 19.4 Å². The number of aromatic amines is 1. The number of hydrogen-bond acceptors (Lipinski definition) is 4. The van der Waals surface area contributed by atoms with Crippen molar-refractivity contribution >= 4 is 22.7 Å². The molecule has 3 N–H and O–H groups in total. The maximum atomic E-state index is 12.7. The fourth-order valence-corrected chi connectivity index (χ4v) is 2.82. The molecule has 7 nitrogen and oxygen atoms in total. The highest BCUT2D eigenvalue weighted by atomic mass is 16.2. The Morgan fingerprint density at radius 2 is 1.87 bits per heavy atom. The van der Waals surface area contributed by atoms with Gasteiger partial charge in [-0.2, -0.15) is 5.10 Å². The summed E-state index contributed by atoms with van der Waals surface area (Å²) in [7, 11) is 0. The molecule has 23 heavy (non-hydrogen) atoms. The lowest BCUT2D eigenvalue weighted by Gasteiger charge is -2.35. The molecule has 1 fully saturated rings. The van der Waals surface area contributed by atoms with Crippen molar-refractivity contribution in [3.63, 3.8) is 0 Å². The summed E-state index contributed by atoms with van der Waals surface area (Å²) in [6.45, 7) is 3.93. The van der Waals surface area contributed by atoms with Crippen molar-refractivity contribution in [1.82, 2.24) is 20.0 Å². The number of benzene rings is 1. The number of nitrogens with one attached hydrogen (secondary N) is 1. The molecule has 2 amide bonds. The first-order chi connectivity index (χ1) is 11.1. The van der Waals surface area contributed by atoms with E-state index in [1.54, 1.807) is 9.80 Å². The van der Waals surface area contributed by atoms with Crippen LogP contribution in [0.25, 0.3) is 10.9 Å². The van der Waals surface area contributed by atoms with Crippen LogP contribution < -0.4 is 5.73 Å². The number of rotatable bonds is 3. The Hall–Kier alpha value is -2.41. The van der Waals surface area contributed by atoms with Gasteiger partial charge in [0.05, 0.1) is 11.6 Å². The summed E-state index contributed by atoms with van der Waals surface area (Å²) in [6, 6.07) is 7.11. The van der Waals surface area contributed by atoms with E-state index in [0.29, 0.717) is 38.3 Å². The molecule has 0 radical (unpaired) electrons. The number of carbonyl (C=O) groups is 2. The Kier molecular flexibility index (Phi) is 4.29. The number of hydrogen-bond donors (Lipinski definition) is 2. The van der Waals surface area contributed by atoms with E-state index < -0.39 is 6.04 Å². The molecule has 7 heteroatoms. The number of fused-ring (bicyclic) bond motifs is 1. The Labute approximate surface area is 134 Å². The van der Waals surface area contributed by atoms with Crippen molar-refractivity contribution in [3.05, 3.63) is 30.0 Å². The van der Waals surface area contributed by atoms with Gasteiger partial charge in [-0.1, -0.05) is 25.1 Å². The van der Waals surface area contributed by atoms with Crippen LogP contribution in [-0.4, -0.2) is 64.0 Å². The smallest absolute Gasteiger partial charge is 0.275 e. The number of para-hydroxylation sites is 1. The number of H-pyrrole nitrogens is 1. The Morgan fingerprint density at radius 3 is 2.57 bits per heavy atom. The normalized spacial score (nSPS) is 16.6. The zero-order chi connectivity index (χ0) is 16.4. The van der Waals surface area contributed by atoms with Crippen LogP contribution in [0.1, 0.15) is 23.8 Å². The molecule has 2 heterocycles. The van der Waals surface area contributed by atoms with Crippen molar-refractivity contribution < 1.29 is 9.59 Å². The van der Waals surface area contributed by atoms with Crippen LogP contribution in [0.3, 0.4) is 0 Å². The fraction of sp³-hybridized carbons (Fsp3) is 0.438. The van der Waals surface area contributed by atoms with Crippen molar-refractivity contribution in [3.8, 4) is 0 Å². The number of amides is 2. The van der Waals surface area contributed by atoms with Crippen molar-refractivity contribution in [2.75, 3.05) is 26.2 Å². The highest BCUT2D eigenvalue weighted by molar-refractivity contribution is 6.04. The molecule has 1 aromatic carbocycles. The van der Waals surface area contributed by atoms with E-state index in [-0.39, 0.29) is 11.8 Å². The van der Waals surface area contributed by atoms with Gasteiger partial charge >= 0.3 is 0 Å². The summed E-state index contributed by atoms with van der Waals surface area (Å²) in [5.41, 5.74) is 7.08. The number of nitrogens with zero attached hydrogens (tertiary/aromatic N) is 3. The van der Waals surface area contributed by atoms with Gasteiger partial charge in [0.2, 0.25) is 5.91 Å². The molecular weight excluding hydrogens is 294 g/mol. The predicted molar refractivity (Wildman–Crippen MR) is 86.8 cm³/mol. The molecule has 3 rings (SSSR count). The van der Waals surface area contributed by atoms with Gasteiger partial charge in [0, 0.05) is 31.6 Å². The Bertz CT molecular complexity index is 718. The first-order valence-electron chi connectivity index (χ1n) is 7.88. The summed E-state index contributed by atoms with van der Waals surface area (Å²) in [5.74, 6) is -0.140. The van der Waals surface area contributed by atoms with Crippen LogP contribution in [0.5, 0.6) is 0 Å². The van der Waals surface area contributed by atoms with Gasteiger partial charge in [-0.05, 0) is 12.5 Å². The third-order valence-electron chi connectivity index (χ3n) is 4.31. The van der Waals surface area contributed by atoms with E-state index in [4.69, 9.17) is 5.73 Å². The highest BCUT2D eigenvalue weighted by Crippen LogP contribution is 2.17. The van der Waals surface area contributed by atoms with Gasteiger partial charge < -0.3 is 15.5 Å². The molecule has 0 bridgehead atoms. The molecule has 0 aliphatic carbocycles. The lowest BCUT2D eigenvalue weighted by atomic mass is 10.1. The van der Waals surface area contributed by atoms with Crippen molar-refractivity contribution in [1.29, 1.82) is 0 Å². The van der Waals surface area contributed by atoms with Crippen LogP contribution in [0.4, 0.5) is 0 Å². The number of piperazine rings is 1.